The Morgan fingerprint density at radius 1 is 0.700 bits per heavy atom. The van der Waals surface area contributed by atoms with Crippen LogP contribution in [0.25, 0.3) is 0 Å². The normalized spacial score (nSPS) is 39.6. The molecule has 10 heavy (non-hydrogen) atoms. The van der Waals surface area contributed by atoms with Crippen molar-refractivity contribution in [2.45, 2.75) is 0 Å². The minimum atomic E-state index is -1.91. The average molecular weight is 318 g/mol. The minimum Gasteiger partial charge on any atom is -0.152 e. The molecule has 0 saturated carbocycles. The average Bonchev–Trinajstić information content (AvgIpc) is 1.77. The van der Waals surface area contributed by atoms with E-state index in [1.54, 1.807) is 0 Å². The first-order valence-electron chi connectivity index (χ1n) is 3.21. The molecule has 0 aromatic rings. The quantitative estimate of drug-likeness (QED) is 0.370. The van der Waals surface area contributed by atoms with Crippen molar-refractivity contribution in [3.05, 3.63) is 0 Å². The van der Waals surface area contributed by atoms with Crippen LogP contribution >= 0.6 is 44.3 Å². The van der Waals surface area contributed by atoms with E-state index in [-0.39, 0.29) is 17.1 Å². The van der Waals surface area contributed by atoms with Crippen LogP contribution in [0.4, 0.5) is 0 Å². The lowest BCUT2D eigenvalue weighted by Crippen LogP contribution is -2.65. The monoisotopic (exact) mass is 316 g/mol. The van der Waals surface area contributed by atoms with Gasteiger partial charge in [-0.15, -0.1) is 0 Å². The summed E-state index contributed by atoms with van der Waals surface area (Å²) < 4.78 is 0. The van der Waals surface area contributed by atoms with Gasteiger partial charge in [-0.25, -0.2) is 0 Å². The van der Waals surface area contributed by atoms with Crippen LogP contribution in [-0.4, -0.2) is 45.7 Å². The summed E-state index contributed by atoms with van der Waals surface area (Å²) in [5.74, 6) is 0. The lowest BCUT2D eigenvalue weighted by molar-refractivity contribution is 3.36. The van der Waals surface area contributed by atoms with Crippen molar-refractivity contribution < 1.29 is 0 Å². The first kappa shape index (κ1) is 10.5. The third-order valence-electron chi connectivity index (χ3n) is 1.77. The van der Waals surface area contributed by atoms with Gasteiger partial charge >= 0.3 is 0 Å². The number of rotatable bonds is 0. The van der Waals surface area contributed by atoms with Gasteiger partial charge in [-0.3, -0.25) is 0 Å². The van der Waals surface area contributed by atoms with E-state index in [9.17, 15) is 0 Å². The smallest absolute Gasteiger partial charge is 0.152 e. The Balaban J connectivity index is 2.70. The van der Waals surface area contributed by atoms with Crippen molar-refractivity contribution in [2.75, 3.05) is 0 Å². The molecule has 1 aliphatic heterocycles. The van der Waals surface area contributed by atoms with Gasteiger partial charge in [-0.05, 0) is 17.1 Å². The molecule has 0 N–H and O–H groups in total. The molecule has 1 fully saturated rings. The molecule has 0 amide bonds. The topological polar surface area (TPSA) is 0 Å². The van der Waals surface area contributed by atoms with E-state index in [0.29, 0.717) is 17.1 Å². The Bertz CT molecular complexity index is 114. The molecular weight excluding hydrogens is 310 g/mol. The zero-order valence-electron chi connectivity index (χ0n) is 5.34. The molecule has 1 aliphatic rings. The predicted octanol–water partition coefficient (Wildman–Crippen LogP) is -1.67. The lowest BCUT2D eigenvalue weighted by Gasteiger charge is -2.31. The van der Waals surface area contributed by atoms with Crippen molar-refractivity contribution >= 4 is 90.0 Å². The second kappa shape index (κ2) is 3.68. The molecular formula is H8Cl4Si6. The second-order valence-corrected chi connectivity index (χ2v) is 70.6. The molecule has 60 valence electrons. The molecule has 0 aromatic heterocycles. The summed E-state index contributed by atoms with van der Waals surface area (Å²) in [6.45, 7) is 0. The zero-order chi connectivity index (χ0) is 7.83. The zero-order valence-corrected chi connectivity index (χ0v) is 16.0. The van der Waals surface area contributed by atoms with Crippen LogP contribution in [0.3, 0.4) is 0 Å². The Kier molecular flexibility index (Phi) is 3.88. The van der Waals surface area contributed by atoms with Crippen LogP contribution in [0, 0.1) is 0 Å². The molecule has 0 atom stereocenters. The maximum atomic E-state index is 6.22. The Morgan fingerprint density at radius 3 is 1.20 bits per heavy atom. The fraction of sp³-hybridized carbons (Fsp3) is 0. The molecule has 0 radical (unpaired) electrons. The molecule has 1 heterocycles. The van der Waals surface area contributed by atoms with Crippen molar-refractivity contribution in [1.29, 1.82) is 0 Å². The molecule has 0 aromatic carbocycles. The van der Waals surface area contributed by atoms with Gasteiger partial charge in [0.05, 0.1) is 0 Å². The minimum absolute atomic E-state index is 0.0648. The van der Waals surface area contributed by atoms with Crippen LogP contribution in [0.1, 0.15) is 0 Å². The Hall–Kier alpha value is 2.46. The first-order chi connectivity index (χ1) is 4.46. The van der Waals surface area contributed by atoms with Gasteiger partial charge in [0.15, 0.2) is 0 Å². The highest BCUT2D eigenvalue weighted by Crippen LogP contribution is 2.32. The van der Waals surface area contributed by atoms with Crippen molar-refractivity contribution in [2.24, 2.45) is 0 Å². The summed E-state index contributed by atoms with van der Waals surface area (Å²) in [4.78, 5) is 0. The molecule has 0 nitrogen and oxygen atoms in total. The van der Waals surface area contributed by atoms with Gasteiger partial charge in [0.1, 0.15) is 0 Å². The highest BCUT2D eigenvalue weighted by Gasteiger charge is 2.54. The van der Waals surface area contributed by atoms with Crippen LogP contribution in [0.15, 0.2) is 0 Å². The number of hydrogen-bond donors (Lipinski definition) is 0. The standard InChI is InChI=1S/Cl4H8Si6/c1-9(2)7-5-6-8-10(9,3)4/h5-8H2. The molecule has 1 saturated heterocycles. The maximum Gasteiger partial charge on any atom is 0.247 e. The van der Waals surface area contributed by atoms with Gasteiger partial charge in [0, 0.05) is 17.1 Å². The van der Waals surface area contributed by atoms with Crippen LogP contribution in [0.5, 0.6) is 0 Å². The first-order valence-corrected chi connectivity index (χ1v) is 28.9. The fourth-order valence-corrected chi connectivity index (χ4v) is 258. The van der Waals surface area contributed by atoms with Crippen LogP contribution in [-0.2, 0) is 0 Å². The molecule has 10 heteroatoms. The van der Waals surface area contributed by atoms with Gasteiger partial charge in [-0.1, -0.05) is 0 Å². The van der Waals surface area contributed by atoms with Gasteiger partial charge in [0.2, 0.25) is 11.5 Å². The predicted molar refractivity (Wildman–Crippen MR) is 69.1 cm³/mol. The van der Waals surface area contributed by atoms with Crippen LogP contribution < -0.4 is 0 Å². The second-order valence-electron chi connectivity index (χ2n) is 2.62. The summed E-state index contributed by atoms with van der Waals surface area (Å²) in [6, 6.07) is 0. The molecule has 1 rings (SSSR count). The van der Waals surface area contributed by atoms with E-state index in [0.717, 1.165) is 0 Å². The summed E-state index contributed by atoms with van der Waals surface area (Å²) >= 11 is 24.9. The Labute approximate surface area is 89.2 Å². The maximum absolute atomic E-state index is 6.22. The highest BCUT2D eigenvalue weighted by atomic mass is 35.8. The molecule has 0 bridgehead atoms. The van der Waals surface area contributed by atoms with Crippen molar-refractivity contribution in [3.63, 3.8) is 0 Å². The SMILES string of the molecule is Cl[Si]1(Cl)[SiH2][SiH2][SiH2][SiH2][Si]1(Cl)Cl. The van der Waals surface area contributed by atoms with E-state index in [2.05, 4.69) is 0 Å². The van der Waals surface area contributed by atoms with E-state index < -0.39 is 11.5 Å². The fourth-order valence-electron chi connectivity index (χ4n) is 1.06. The lowest BCUT2D eigenvalue weighted by atomic mass is 26.0. The van der Waals surface area contributed by atoms with Crippen molar-refractivity contribution in [3.8, 4) is 0 Å². The molecule has 0 aliphatic carbocycles. The number of hydrogen-bond acceptors (Lipinski definition) is 0. The van der Waals surface area contributed by atoms with E-state index >= 15 is 0 Å². The van der Waals surface area contributed by atoms with Gasteiger partial charge in [0.25, 0.3) is 0 Å². The largest absolute Gasteiger partial charge is 0.247 e. The van der Waals surface area contributed by atoms with Crippen molar-refractivity contribution in [1.82, 2.24) is 0 Å². The summed E-state index contributed by atoms with van der Waals surface area (Å²) in [7, 11) is 0.548. The van der Waals surface area contributed by atoms with E-state index in [1.807, 2.05) is 0 Å². The van der Waals surface area contributed by atoms with Crippen LogP contribution in [0.2, 0.25) is 0 Å². The molecule has 0 spiro atoms. The molecule has 0 unspecified atom stereocenters. The third-order valence-corrected chi connectivity index (χ3v) is 143. The van der Waals surface area contributed by atoms with Gasteiger partial charge < -0.3 is 0 Å². The number of halogens is 4. The summed E-state index contributed by atoms with van der Waals surface area (Å²) in [6.07, 6.45) is 0. The van der Waals surface area contributed by atoms with Gasteiger partial charge in [-0.2, -0.15) is 44.3 Å². The van der Waals surface area contributed by atoms with E-state index in [4.69, 9.17) is 44.3 Å². The Morgan fingerprint density at radius 2 is 1.00 bits per heavy atom. The third kappa shape index (κ3) is 2.24. The highest BCUT2D eigenvalue weighted by molar-refractivity contribution is 8.19. The summed E-state index contributed by atoms with van der Waals surface area (Å²) in [5, 5.41) is 0. The summed E-state index contributed by atoms with van der Waals surface area (Å²) in [5.41, 5.74) is -3.81. The van der Waals surface area contributed by atoms with E-state index in [1.165, 1.54) is 0 Å².